The summed E-state index contributed by atoms with van der Waals surface area (Å²) in [7, 11) is 3.24. The van der Waals surface area contributed by atoms with Crippen LogP contribution in [-0.4, -0.2) is 62.2 Å². The molecule has 0 spiro atoms. The Bertz CT molecular complexity index is 855. The van der Waals surface area contributed by atoms with E-state index in [0.29, 0.717) is 50.6 Å². The summed E-state index contributed by atoms with van der Waals surface area (Å²) in [5.41, 5.74) is 1.96. The van der Waals surface area contributed by atoms with Gasteiger partial charge in [0.15, 0.2) is 5.69 Å². The first-order valence-corrected chi connectivity index (χ1v) is 10.9. The van der Waals surface area contributed by atoms with Crippen molar-refractivity contribution in [2.24, 2.45) is 0 Å². The van der Waals surface area contributed by atoms with Crippen molar-refractivity contribution in [3.8, 4) is 0 Å². The van der Waals surface area contributed by atoms with E-state index in [1.807, 2.05) is 24.3 Å². The first-order chi connectivity index (χ1) is 15.3. The zero-order chi connectivity index (χ0) is 23.6. The molecule has 0 aliphatic heterocycles. The Balaban J connectivity index is 2.08. The zero-order valence-electron chi connectivity index (χ0n) is 19.8. The number of methoxy groups -OCH3 is 2. The largest absolute Gasteiger partial charge is 0.446 e. The molecule has 1 aromatic heterocycles. The SMILES string of the molecule is COCCCNC(=O)c1coc(CN(CCCOC)C(=O)c2ccc(C(C)(C)C)cc2)n1. The highest BCUT2D eigenvalue weighted by molar-refractivity contribution is 5.94. The third-order valence-corrected chi connectivity index (χ3v) is 4.98. The summed E-state index contributed by atoms with van der Waals surface area (Å²) in [6.07, 6.45) is 2.70. The van der Waals surface area contributed by atoms with E-state index in [1.165, 1.54) is 6.26 Å². The number of ether oxygens (including phenoxy) is 2. The molecule has 1 aromatic carbocycles. The second-order valence-corrected chi connectivity index (χ2v) is 8.63. The summed E-state index contributed by atoms with van der Waals surface area (Å²) in [5, 5.41) is 2.77. The van der Waals surface area contributed by atoms with Crippen LogP contribution in [-0.2, 0) is 21.4 Å². The Hall–Kier alpha value is -2.71. The van der Waals surface area contributed by atoms with Gasteiger partial charge in [-0.25, -0.2) is 4.98 Å². The summed E-state index contributed by atoms with van der Waals surface area (Å²) in [6.45, 7) is 8.64. The Kier molecular flexibility index (Phi) is 9.87. The van der Waals surface area contributed by atoms with Crippen molar-refractivity contribution < 1.29 is 23.5 Å². The standard InChI is InChI=1S/C24H35N3O5/c1-24(2,3)19-10-8-18(9-11-19)23(29)27(13-7-15-31-5)16-21-26-20(17-32-21)22(28)25-12-6-14-30-4/h8-11,17H,6-7,12-16H2,1-5H3,(H,25,28). The van der Waals surface area contributed by atoms with Crippen molar-refractivity contribution in [3.63, 3.8) is 0 Å². The molecular formula is C24H35N3O5. The molecule has 1 N–H and O–H groups in total. The molecule has 32 heavy (non-hydrogen) atoms. The van der Waals surface area contributed by atoms with Gasteiger partial charge in [-0.1, -0.05) is 32.9 Å². The number of rotatable bonds is 12. The van der Waals surface area contributed by atoms with E-state index in [4.69, 9.17) is 13.9 Å². The van der Waals surface area contributed by atoms with E-state index < -0.39 is 0 Å². The van der Waals surface area contributed by atoms with Gasteiger partial charge in [0.1, 0.15) is 6.26 Å². The fourth-order valence-electron chi connectivity index (χ4n) is 3.11. The quantitative estimate of drug-likeness (QED) is 0.503. The second kappa shape index (κ2) is 12.4. The Morgan fingerprint density at radius 3 is 2.34 bits per heavy atom. The topological polar surface area (TPSA) is 93.9 Å². The predicted molar refractivity (Wildman–Crippen MR) is 122 cm³/mol. The van der Waals surface area contributed by atoms with Crippen molar-refractivity contribution in [3.05, 3.63) is 53.2 Å². The third-order valence-electron chi connectivity index (χ3n) is 4.98. The Morgan fingerprint density at radius 2 is 1.72 bits per heavy atom. The highest BCUT2D eigenvalue weighted by Crippen LogP contribution is 2.23. The minimum atomic E-state index is -0.314. The molecule has 0 saturated carbocycles. The van der Waals surface area contributed by atoms with Gasteiger partial charge in [-0.15, -0.1) is 0 Å². The van der Waals surface area contributed by atoms with E-state index in [2.05, 4.69) is 31.1 Å². The lowest BCUT2D eigenvalue weighted by Gasteiger charge is -2.22. The molecule has 8 nitrogen and oxygen atoms in total. The van der Waals surface area contributed by atoms with Gasteiger partial charge in [0.25, 0.3) is 11.8 Å². The van der Waals surface area contributed by atoms with Crippen molar-refractivity contribution in [1.82, 2.24) is 15.2 Å². The lowest BCUT2D eigenvalue weighted by Crippen LogP contribution is -2.32. The lowest BCUT2D eigenvalue weighted by molar-refractivity contribution is 0.0707. The maximum absolute atomic E-state index is 13.2. The highest BCUT2D eigenvalue weighted by Gasteiger charge is 2.21. The Morgan fingerprint density at radius 1 is 1.06 bits per heavy atom. The molecule has 0 bridgehead atoms. The minimum absolute atomic E-state index is 0.0123. The average Bonchev–Trinajstić information content (AvgIpc) is 3.24. The normalized spacial score (nSPS) is 11.4. The number of carbonyl (C=O) groups is 2. The lowest BCUT2D eigenvalue weighted by atomic mass is 9.86. The van der Waals surface area contributed by atoms with Gasteiger partial charge in [-0.05, 0) is 36.0 Å². The number of nitrogens with one attached hydrogen (secondary N) is 1. The van der Waals surface area contributed by atoms with Crippen LogP contribution in [0, 0.1) is 0 Å². The van der Waals surface area contributed by atoms with Crippen LogP contribution in [0.25, 0.3) is 0 Å². The van der Waals surface area contributed by atoms with Crippen LogP contribution in [0.4, 0.5) is 0 Å². The van der Waals surface area contributed by atoms with E-state index in [-0.39, 0.29) is 29.5 Å². The summed E-state index contributed by atoms with van der Waals surface area (Å²) in [6, 6.07) is 7.66. The van der Waals surface area contributed by atoms with E-state index in [1.54, 1.807) is 19.1 Å². The van der Waals surface area contributed by atoms with Crippen LogP contribution < -0.4 is 5.32 Å². The molecule has 0 fully saturated rings. The summed E-state index contributed by atoms with van der Waals surface area (Å²) in [4.78, 5) is 31.3. The molecule has 8 heteroatoms. The smallest absolute Gasteiger partial charge is 0.273 e. The summed E-state index contributed by atoms with van der Waals surface area (Å²) in [5.74, 6) is -0.124. The number of aromatic nitrogens is 1. The fraction of sp³-hybridized carbons (Fsp3) is 0.542. The van der Waals surface area contributed by atoms with Crippen molar-refractivity contribution in [2.45, 2.75) is 45.6 Å². The molecule has 2 amide bonds. The molecular weight excluding hydrogens is 410 g/mol. The third kappa shape index (κ3) is 7.76. The van der Waals surface area contributed by atoms with Crippen molar-refractivity contribution in [1.29, 1.82) is 0 Å². The van der Waals surface area contributed by atoms with Crippen LogP contribution in [0.15, 0.2) is 34.9 Å². The van der Waals surface area contributed by atoms with Gasteiger partial charge in [-0.3, -0.25) is 9.59 Å². The molecule has 2 rings (SSSR count). The molecule has 0 aliphatic carbocycles. The molecule has 0 aliphatic rings. The van der Waals surface area contributed by atoms with Gasteiger partial charge in [0.05, 0.1) is 6.54 Å². The molecule has 0 unspecified atom stereocenters. The molecule has 0 radical (unpaired) electrons. The van der Waals surface area contributed by atoms with Crippen LogP contribution in [0.2, 0.25) is 0 Å². The van der Waals surface area contributed by atoms with Gasteiger partial charge >= 0.3 is 0 Å². The monoisotopic (exact) mass is 445 g/mol. The molecule has 0 saturated heterocycles. The van der Waals surface area contributed by atoms with Gasteiger partial charge in [0.2, 0.25) is 5.89 Å². The van der Waals surface area contributed by atoms with Crippen LogP contribution in [0.5, 0.6) is 0 Å². The van der Waals surface area contributed by atoms with Gasteiger partial charge in [-0.2, -0.15) is 0 Å². The molecule has 1 heterocycles. The second-order valence-electron chi connectivity index (χ2n) is 8.63. The number of amides is 2. The molecule has 0 atom stereocenters. The van der Waals surface area contributed by atoms with Crippen molar-refractivity contribution >= 4 is 11.8 Å². The zero-order valence-corrected chi connectivity index (χ0v) is 19.8. The van der Waals surface area contributed by atoms with Gasteiger partial charge in [0, 0.05) is 46.1 Å². The number of nitrogens with zero attached hydrogens (tertiary/aromatic N) is 2. The Labute approximate surface area is 190 Å². The van der Waals surface area contributed by atoms with Crippen molar-refractivity contribution in [2.75, 3.05) is 40.5 Å². The molecule has 176 valence electrons. The fourth-order valence-corrected chi connectivity index (χ4v) is 3.11. The number of hydrogen-bond acceptors (Lipinski definition) is 6. The average molecular weight is 446 g/mol. The van der Waals surface area contributed by atoms with E-state index >= 15 is 0 Å². The first-order valence-electron chi connectivity index (χ1n) is 10.9. The van der Waals surface area contributed by atoms with Crippen LogP contribution >= 0.6 is 0 Å². The van der Waals surface area contributed by atoms with E-state index in [0.717, 1.165) is 5.56 Å². The first kappa shape index (κ1) is 25.5. The van der Waals surface area contributed by atoms with Crippen LogP contribution in [0.1, 0.15) is 65.9 Å². The maximum Gasteiger partial charge on any atom is 0.273 e. The highest BCUT2D eigenvalue weighted by atomic mass is 16.5. The molecule has 2 aromatic rings. The maximum atomic E-state index is 13.2. The number of oxazole rings is 1. The number of benzene rings is 1. The number of hydrogen-bond donors (Lipinski definition) is 1. The van der Waals surface area contributed by atoms with Crippen LogP contribution in [0.3, 0.4) is 0 Å². The van der Waals surface area contributed by atoms with Gasteiger partial charge < -0.3 is 24.1 Å². The predicted octanol–water partition coefficient (Wildman–Crippen LogP) is 3.42. The number of carbonyl (C=O) groups excluding carboxylic acids is 2. The summed E-state index contributed by atoms with van der Waals surface area (Å²) >= 11 is 0. The van der Waals surface area contributed by atoms with E-state index in [9.17, 15) is 9.59 Å². The minimum Gasteiger partial charge on any atom is -0.446 e. The summed E-state index contributed by atoms with van der Waals surface area (Å²) < 4.78 is 15.6.